The van der Waals surface area contributed by atoms with Gasteiger partial charge in [-0.15, -0.1) is 11.3 Å². The molecule has 0 fully saturated rings. The molecule has 24 heavy (non-hydrogen) atoms. The van der Waals surface area contributed by atoms with Gasteiger partial charge >= 0.3 is 0 Å². The van der Waals surface area contributed by atoms with E-state index < -0.39 is 15.9 Å². The van der Waals surface area contributed by atoms with Crippen molar-refractivity contribution in [3.8, 4) is 5.75 Å². The highest BCUT2D eigenvalue weighted by molar-refractivity contribution is 7.91. The molecular weight excluding hydrogens is 348 g/mol. The summed E-state index contributed by atoms with van der Waals surface area (Å²) in [4.78, 5) is 12.9. The van der Waals surface area contributed by atoms with Gasteiger partial charge < -0.3 is 10.1 Å². The lowest BCUT2D eigenvalue weighted by Gasteiger charge is -2.10. The van der Waals surface area contributed by atoms with Crippen molar-refractivity contribution in [2.45, 2.75) is 24.1 Å². The van der Waals surface area contributed by atoms with E-state index in [0.717, 1.165) is 16.9 Å². The molecule has 0 unspecified atom stereocenters. The molecule has 1 aromatic carbocycles. The number of ether oxygens (including phenoxy) is 1. The summed E-state index contributed by atoms with van der Waals surface area (Å²) in [5.41, 5.74) is 0.821. The highest BCUT2D eigenvalue weighted by Crippen LogP contribution is 2.21. The smallest absolute Gasteiger partial charge is 0.250 e. The molecule has 0 radical (unpaired) electrons. The molecular formula is C16H20N2O4S2. The van der Waals surface area contributed by atoms with Gasteiger partial charge in [0.25, 0.3) is 10.0 Å². The number of aryl methyl sites for hydroxylation is 1. The quantitative estimate of drug-likeness (QED) is 0.745. The van der Waals surface area contributed by atoms with Crippen molar-refractivity contribution >= 4 is 27.3 Å². The van der Waals surface area contributed by atoms with Crippen molar-refractivity contribution < 1.29 is 17.9 Å². The van der Waals surface area contributed by atoms with Crippen molar-refractivity contribution in [1.82, 2.24) is 10.0 Å². The highest BCUT2D eigenvalue weighted by Gasteiger charge is 2.17. The molecule has 0 bridgehead atoms. The number of benzene rings is 1. The van der Waals surface area contributed by atoms with E-state index >= 15 is 0 Å². The normalized spacial score (nSPS) is 11.2. The fraction of sp³-hybridized carbons (Fsp3) is 0.312. The van der Waals surface area contributed by atoms with Gasteiger partial charge in [-0.2, -0.15) is 0 Å². The summed E-state index contributed by atoms with van der Waals surface area (Å²) in [7, 11) is -2.10. The Bertz CT molecular complexity index is 800. The second-order valence-corrected chi connectivity index (χ2v) is 8.15. The predicted octanol–water partition coefficient (Wildman–Crippen LogP) is 1.91. The van der Waals surface area contributed by atoms with E-state index in [2.05, 4.69) is 10.0 Å². The lowest BCUT2D eigenvalue weighted by atomic mass is 10.2. The molecule has 1 aromatic heterocycles. The molecule has 8 heteroatoms. The van der Waals surface area contributed by atoms with E-state index in [4.69, 9.17) is 4.74 Å². The zero-order valence-corrected chi connectivity index (χ0v) is 15.2. The average molecular weight is 368 g/mol. The van der Waals surface area contributed by atoms with Crippen LogP contribution in [0.25, 0.3) is 0 Å². The summed E-state index contributed by atoms with van der Waals surface area (Å²) in [6.45, 7) is 1.92. The Morgan fingerprint density at radius 2 is 1.96 bits per heavy atom. The van der Waals surface area contributed by atoms with E-state index in [-0.39, 0.29) is 17.3 Å². The van der Waals surface area contributed by atoms with Crippen LogP contribution in [-0.4, -0.2) is 28.0 Å². The summed E-state index contributed by atoms with van der Waals surface area (Å²) < 4.78 is 32.0. The number of amides is 1. The van der Waals surface area contributed by atoms with Gasteiger partial charge in [0, 0.05) is 17.0 Å². The standard InChI is InChI=1S/C16H20N2O4S2/c1-3-13-8-9-16(23-13)24(20,21)18-11-15(19)17-10-12-6-4-5-7-14(12)22-2/h4-9,18H,3,10-11H2,1-2H3,(H,17,19). The van der Waals surface area contributed by atoms with Crippen molar-refractivity contribution in [2.75, 3.05) is 13.7 Å². The molecule has 0 atom stereocenters. The first kappa shape index (κ1) is 18.4. The highest BCUT2D eigenvalue weighted by atomic mass is 32.2. The van der Waals surface area contributed by atoms with E-state index in [0.29, 0.717) is 5.75 Å². The second kappa shape index (κ2) is 8.27. The van der Waals surface area contributed by atoms with Crippen LogP contribution in [0.15, 0.2) is 40.6 Å². The Morgan fingerprint density at radius 1 is 1.21 bits per heavy atom. The van der Waals surface area contributed by atoms with E-state index in [1.54, 1.807) is 25.3 Å². The number of carbonyl (C=O) groups excluding carboxylic acids is 1. The van der Waals surface area contributed by atoms with Crippen LogP contribution in [-0.2, 0) is 27.8 Å². The summed E-state index contributed by atoms with van der Waals surface area (Å²) in [5.74, 6) is 0.265. The Morgan fingerprint density at radius 3 is 2.62 bits per heavy atom. The third-order valence-corrected chi connectivity index (χ3v) is 6.46. The molecule has 2 rings (SSSR count). The van der Waals surface area contributed by atoms with Crippen molar-refractivity contribution in [3.63, 3.8) is 0 Å². The molecule has 0 aliphatic heterocycles. The molecule has 1 heterocycles. The number of thiophene rings is 1. The Labute approximate surface area is 145 Å². The zero-order chi connectivity index (χ0) is 17.6. The first-order valence-corrected chi connectivity index (χ1v) is 9.73. The fourth-order valence-corrected chi connectivity index (χ4v) is 4.35. The Hall–Kier alpha value is -1.90. The average Bonchev–Trinajstić information content (AvgIpc) is 3.08. The van der Waals surface area contributed by atoms with Crippen LogP contribution >= 0.6 is 11.3 Å². The molecule has 2 N–H and O–H groups in total. The molecule has 2 aromatic rings. The number of hydrogen-bond donors (Lipinski definition) is 2. The van der Waals surface area contributed by atoms with Crippen molar-refractivity contribution in [1.29, 1.82) is 0 Å². The van der Waals surface area contributed by atoms with Crippen LogP contribution in [0.5, 0.6) is 5.75 Å². The molecule has 1 amide bonds. The number of methoxy groups -OCH3 is 1. The maximum absolute atomic E-state index is 12.1. The summed E-state index contributed by atoms with van der Waals surface area (Å²) >= 11 is 1.21. The van der Waals surface area contributed by atoms with Gasteiger partial charge in [0.1, 0.15) is 9.96 Å². The van der Waals surface area contributed by atoms with Gasteiger partial charge in [-0.1, -0.05) is 25.1 Å². The first-order valence-electron chi connectivity index (χ1n) is 7.43. The number of carbonyl (C=O) groups is 1. The van der Waals surface area contributed by atoms with Crippen LogP contribution < -0.4 is 14.8 Å². The number of hydrogen-bond acceptors (Lipinski definition) is 5. The molecule has 0 aliphatic carbocycles. The lowest BCUT2D eigenvalue weighted by Crippen LogP contribution is -2.36. The van der Waals surface area contributed by atoms with Gasteiger partial charge in [0.2, 0.25) is 5.91 Å². The summed E-state index contributed by atoms with van der Waals surface area (Å²) in [6, 6.07) is 10.6. The van der Waals surface area contributed by atoms with Crippen LogP contribution in [0.1, 0.15) is 17.4 Å². The SMILES string of the molecule is CCc1ccc(S(=O)(=O)NCC(=O)NCc2ccccc2OC)s1. The molecule has 0 saturated carbocycles. The van der Waals surface area contributed by atoms with Gasteiger partial charge in [-0.25, -0.2) is 13.1 Å². The third-order valence-electron chi connectivity index (χ3n) is 3.34. The van der Waals surface area contributed by atoms with E-state index in [9.17, 15) is 13.2 Å². The minimum atomic E-state index is -3.66. The predicted molar refractivity (Wildman–Crippen MR) is 93.7 cm³/mol. The zero-order valence-electron chi connectivity index (χ0n) is 13.5. The third kappa shape index (κ3) is 4.80. The van der Waals surface area contributed by atoms with Gasteiger partial charge in [-0.3, -0.25) is 4.79 Å². The molecule has 0 saturated heterocycles. The number of para-hydroxylation sites is 1. The van der Waals surface area contributed by atoms with Crippen LogP contribution in [0.3, 0.4) is 0 Å². The van der Waals surface area contributed by atoms with Gasteiger partial charge in [0.15, 0.2) is 0 Å². The maximum atomic E-state index is 12.1. The lowest BCUT2D eigenvalue weighted by molar-refractivity contribution is -0.120. The van der Waals surface area contributed by atoms with E-state index in [1.165, 1.54) is 11.3 Å². The topological polar surface area (TPSA) is 84.5 Å². The summed E-state index contributed by atoms with van der Waals surface area (Å²) in [5, 5.41) is 2.67. The number of sulfonamides is 1. The molecule has 6 nitrogen and oxygen atoms in total. The number of rotatable bonds is 8. The minimum absolute atomic E-state index is 0.219. The minimum Gasteiger partial charge on any atom is -0.496 e. The fourth-order valence-electron chi connectivity index (χ4n) is 2.03. The summed E-state index contributed by atoms with van der Waals surface area (Å²) in [6.07, 6.45) is 0.777. The van der Waals surface area contributed by atoms with Crippen molar-refractivity contribution in [3.05, 3.63) is 46.8 Å². The van der Waals surface area contributed by atoms with Crippen LogP contribution in [0.2, 0.25) is 0 Å². The van der Waals surface area contributed by atoms with Crippen LogP contribution in [0.4, 0.5) is 0 Å². The van der Waals surface area contributed by atoms with Crippen molar-refractivity contribution in [2.24, 2.45) is 0 Å². The van der Waals surface area contributed by atoms with Crippen LogP contribution in [0, 0.1) is 0 Å². The monoisotopic (exact) mass is 368 g/mol. The molecule has 0 spiro atoms. The molecule has 130 valence electrons. The Balaban J connectivity index is 1.88. The number of nitrogens with one attached hydrogen (secondary N) is 2. The molecule has 0 aliphatic rings. The van der Waals surface area contributed by atoms with Gasteiger partial charge in [-0.05, 0) is 24.6 Å². The van der Waals surface area contributed by atoms with Gasteiger partial charge in [0.05, 0.1) is 13.7 Å². The Kier molecular flexibility index (Phi) is 6.36. The van der Waals surface area contributed by atoms with E-state index in [1.807, 2.05) is 25.1 Å². The largest absolute Gasteiger partial charge is 0.496 e. The maximum Gasteiger partial charge on any atom is 0.250 e. The second-order valence-electron chi connectivity index (χ2n) is 4.99. The first-order chi connectivity index (χ1) is 11.5.